The summed E-state index contributed by atoms with van der Waals surface area (Å²) >= 11 is 0. The van der Waals surface area contributed by atoms with Crippen molar-refractivity contribution in [3.63, 3.8) is 0 Å². The van der Waals surface area contributed by atoms with Gasteiger partial charge in [0.25, 0.3) is 0 Å². The molecule has 0 aromatic rings. The van der Waals surface area contributed by atoms with Gasteiger partial charge in [-0.2, -0.15) is 0 Å². The lowest BCUT2D eigenvalue weighted by Crippen LogP contribution is -2.27. The molecule has 2 heterocycles. The molecule has 0 bridgehead atoms. The Labute approximate surface area is 129 Å². The molecule has 2 aliphatic rings. The van der Waals surface area contributed by atoms with E-state index in [0.717, 1.165) is 12.7 Å². The first-order chi connectivity index (χ1) is 10.6. The van der Waals surface area contributed by atoms with Gasteiger partial charge in [-0.3, -0.25) is 14.4 Å². The summed E-state index contributed by atoms with van der Waals surface area (Å²) in [6, 6.07) is 0. The predicted molar refractivity (Wildman–Crippen MR) is 75.8 cm³/mol. The van der Waals surface area contributed by atoms with E-state index < -0.39 is 0 Å². The van der Waals surface area contributed by atoms with Crippen LogP contribution in [0.1, 0.15) is 44.9 Å². The summed E-state index contributed by atoms with van der Waals surface area (Å²) in [5, 5.41) is 0. The fourth-order valence-electron chi connectivity index (χ4n) is 3.25. The third kappa shape index (κ3) is 4.64. The van der Waals surface area contributed by atoms with E-state index >= 15 is 0 Å². The van der Waals surface area contributed by atoms with Gasteiger partial charge in [0, 0.05) is 31.1 Å². The predicted octanol–water partition coefficient (Wildman–Crippen LogP) is 1.45. The summed E-state index contributed by atoms with van der Waals surface area (Å²) in [5.74, 6) is -0.416. The number of Topliss-reactive ketones (excluding diaryl/α,β-unsaturated/α-hetero) is 1. The highest BCUT2D eigenvalue weighted by Crippen LogP contribution is 2.36. The summed E-state index contributed by atoms with van der Waals surface area (Å²) in [7, 11) is 0. The highest BCUT2D eigenvalue weighted by atomic mass is 16.5. The van der Waals surface area contributed by atoms with E-state index in [1.807, 2.05) is 0 Å². The highest BCUT2D eigenvalue weighted by molar-refractivity contribution is 5.79. The second-order valence-corrected chi connectivity index (χ2v) is 6.11. The molecule has 0 aromatic heterocycles. The van der Waals surface area contributed by atoms with Gasteiger partial charge in [0.1, 0.15) is 12.1 Å². The van der Waals surface area contributed by atoms with Crippen molar-refractivity contribution in [1.82, 2.24) is 0 Å². The maximum atomic E-state index is 12.2. The Morgan fingerprint density at radius 3 is 2.14 bits per heavy atom. The van der Waals surface area contributed by atoms with Crippen molar-refractivity contribution in [2.75, 3.05) is 13.2 Å². The first kappa shape index (κ1) is 16.6. The van der Waals surface area contributed by atoms with Gasteiger partial charge in [-0.1, -0.05) is 0 Å². The van der Waals surface area contributed by atoms with E-state index in [9.17, 15) is 19.2 Å². The number of cyclic esters (lactones) is 2. The molecule has 2 saturated heterocycles. The summed E-state index contributed by atoms with van der Waals surface area (Å²) in [5.41, 5.74) is 0. The zero-order valence-corrected chi connectivity index (χ0v) is 12.6. The highest BCUT2D eigenvalue weighted by Gasteiger charge is 2.40. The van der Waals surface area contributed by atoms with Crippen LogP contribution in [0.15, 0.2) is 0 Å². The molecule has 0 saturated carbocycles. The molecule has 2 aliphatic heterocycles. The van der Waals surface area contributed by atoms with Crippen molar-refractivity contribution in [3.05, 3.63) is 0 Å². The minimum atomic E-state index is -0.237. The molecule has 2 unspecified atom stereocenters. The lowest BCUT2D eigenvalue weighted by molar-refractivity contribution is -0.138. The number of hydrogen-bond acceptors (Lipinski definition) is 6. The zero-order valence-electron chi connectivity index (χ0n) is 12.6. The molecule has 2 atom stereocenters. The van der Waals surface area contributed by atoms with Crippen molar-refractivity contribution >= 4 is 24.0 Å². The molecule has 0 aromatic carbocycles. The Morgan fingerprint density at radius 2 is 1.68 bits per heavy atom. The van der Waals surface area contributed by atoms with E-state index in [4.69, 9.17) is 9.47 Å². The average molecular weight is 310 g/mol. The quantitative estimate of drug-likeness (QED) is 0.364. The Bertz CT molecular complexity index is 418. The lowest BCUT2D eigenvalue weighted by Gasteiger charge is -2.25. The van der Waals surface area contributed by atoms with Crippen molar-refractivity contribution < 1.29 is 28.7 Å². The van der Waals surface area contributed by atoms with Crippen LogP contribution in [0.2, 0.25) is 0 Å². The minimum Gasteiger partial charge on any atom is -0.465 e. The third-order valence-corrected chi connectivity index (χ3v) is 4.48. The fourth-order valence-corrected chi connectivity index (χ4v) is 3.25. The number of unbranched alkanes of at least 4 members (excludes halogenated alkanes) is 2. The fraction of sp³-hybridized carbons (Fsp3) is 0.750. The molecular formula is C16H22O6. The normalized spacial score (nSPS) is 25.6. The first-order valence-electron chi connectivity index (χ1n) is 7.86. The number of ketones is 1. The molecule has 122 valence electrons. The van der Waals surface area contributed by atoms with Crippen molar-refractivity contribution in [2.45, 2.75) is 44.9 Å². The van der Waals surface area contributed by atoms with Gasteiger partial charge < -0.3 is 14.3 Å². The van der Waals surface area contributed by atoms with Gasteiger partial charge in [0.2, 0.25) is 0 Å². The van der Waals surface area contributed by atoms with Gasteiger partial charge in [0.15, 0.2) is 0 Å². The van der Waals surface area contributed by atoms with Gasteiger partial charge in [-0.15, -0.1) is 0 Å². The SMILES string of the molecule is O=CCCCCC(=O)CC(C1COC(=O)C1)C1COC(=O)C1. The van der Waals surface area contributed by atoms with E-state index in [2.05, 4.69) is 0 Å². The average Bonchev–Trinajstić information content (AvgIpc) is 3.10. The largest absolute Gasteiger partial charge is 0.465 e. The van der Waals surface area contributed by atoms with Crippen molar-refractivity contribution in [2.24, 2.45) is 17.8 Å². The maximum Gasteiger partial charge on any atom is 0.306 e. The van der Waals surface area contributed by atoms with Crippen LogP contribution < -0.4 is 0 Å². The lowest BCUT2D eigenvalue weighted by atomic mass is 9.77. The molecule has 0 spiro atoms. The summed E-state index contributed by atoms with van der Waals surface area (Å²) in [6.07, 6.45) is 4.17. The summed E-state index contributed by atoms with van der Waals surface area (Å²) in [4.78, 5) is 45.1. The van der Waals surface area contributed by atoms with Crippen LogP contribution in [0.3, 0.4) is 0 Å². The van der Waals surface area contributed by atoms with Gasteiger partial charge in [-0.25, -0.2) is 0 Å². The van der Waals surface area contributed by atoms with E-state index in [1.54, 1.807) is 0 Å². The van der Waals surface area contributed by atoms with Crippen molar-refractivity contribution in [3.8, 4) is 0 Å². The van der Waals surface area contributed by atoms with Crippen molar-refractivity contribution in [1.29, 1.82) is 0 Å². The molecule has 6 heteroatoms. The van der Waals surface area contributed by atoms with Crippen LogP contribution in [-0.4, -0.2) is 37.2 Å². The van der Waals surface area contributed by atoms with Crippen LogP contribution in [0, 0.1) is 17.8 Å². The number of esters is 2. The molecule has 6 nitrogen and oxygen atoms in total. The molecule has 22 heavy (non-hydrogen) atoms. The van der Waals surface area contributed by atoms with E-state index in [0.29, 0.717) is 51.7 Å². The topological polar surface area (TPSA) is 86.7 Å². The Balaban J connectivity index is 1.89. The Morgan fingerprint density at radius 1 is 1.09 bits per heavy atom. The Kier molecular flexibility index (Phi) is 6.10. The monoisotopic (exact) mass is 310 g/mol. The molecule has 2 rings (SSSR count). The number of rotatable bonds is 9. The third-order valence-electron chi connectivity index (χ3n) is 4.48. The maximum absolute atomic E-state index is 12.2. The first-order valence-corrected chi connectivity index (χ1v) is 7.86. The van der Waals surface area contributed by atoms with Crippen LogP contribution in [0.4, 0.5) is 0 Å². The zero-order chi connectivity index (χ0) is 15.9. The van der Waals surface area contributed by atoms with Gasteiger partial charge >= 0.3 is 11.9 Å². The van der Waals surface area contributed by atoms with Gasteiger partial charge in [-0.05, 0) is 18.8 Å². The number of carbonyl (C=O) groups is 4. The number of carbonyl (C=O) groups excluding carboxylic acids is 4. The Hall–Kier alpha value is -1.72. The molecular weight excluding hydrogens is 288 g/mol. The summed E-state index contributed by atoms with van der Waals surface area (Å²) < 4.78 is 10.0. The second kappa shape index (κ2) is 8.06. The minimum absolute atomic E-state index is 0.00840. The standard InChI is InChI=1S/C16H22O6/c17-5-3-1-2-4-13(18)8-14(11-6-15(19)21-9-11)12-7-16(20)22-10-12/h5,11-12,14H,1-4,6-10H2. The van der Waals surface area contributed by atoms with Crippen LogP contribution in [0.25, 0.3) is 0 Å². The molecule has 0 radical (unpaired) electrons. The second-order valence-electron chi connectivity index (χ2n) is 6.11. The smallest absolute Gasteiger partial charge is 0.306 e. The van der Waals surface area contributed by atoms with Crippen LogP contribution in [0.5, 0.6) is 0 Å². The van der Waals surface area contributed by atoms with E-state index in [1.165, 1.54) is 0 Å². The number of hydrogen-bond donors (Lipinski definition) is 0. The molecule has 0 aliphatic carbocycles. The number of ether oxygens (including phenoxy) is 2. The summed E-state index contributed by atoms with van der Waals surface area (Å²) in [6.45, 7) is 0.652. The van der Waals surface area contributed by atoms with Crippen LogP contribution >= 0.6 is 0 Å². The molecule has 0 N–H and O–H groups in total. The van der Waals surface area contributed by atoms with E-state index in [-0.39, 0.29) is 35.5 Å². The number of aldehydes is 1. The van der Waals surface area contributed by atoms with Crippen LogP contribution in [-0.2, 0) is 28.7 Å². The molecule has 0 amide bonds. The van der Waals surface area contributed by atoms with Gasteiger partial charge in [0.05, 0.1) is 26.1 Å². The molecule has 2 fully saturated rings.